The van der Waals surface area contributed by atoms with E-state index in [1.165, 1.54) is 0 Å². The predicted molar refractivity (Wildman–Crippen MR) is 100 cm³/mol. The minimum atomic E-state index is -0.114. The second-order valence-electron chi connectivity index (χ2n) is 5.47. The van der Waals surface area contributed by atoms with E-state index in [1.807, 2.05) is 30.3 Å². The molecule has 0 saturated heterocycles. The Morgan fingerprint density at radius 3 is 2.48 bits per heavy atom. The molecule has 0 radical (unpaired) electrons. The van der Waals surface area contributed by atoms with Crippen LogP contribution in [0, 0.1) is 0 Å². The Morgan fingerprint density at radius 2 is 1.84 bits per heavy atom. The Morgan fingerprint density at radius 1 is 1.08 bits per heavy atom. The maximum Gasteiger partial charge on any atom is 0.258 e. The van der Waals surface area contributed by atoms with E-state index in [4.69, 9.17) is 16.3 Å². The Labute approximate surface area is 151 Å². The minimum Gasteiger partial charge on any atom is -0.497 e. The zero-order chi connectivity index (χ0) is 17.8. The fourth-order valence-corrected chi connectivity index (χ4v) is 2.70. The maximum atomic E-state index is 12.7. The Balaban J connectivity index is 1.91. The third kappa shape index (κ3) is 3.64. The van der Waals surface area contributed by atoms with Crippen molar-refractivity contribution < 1.29 is 9.53 Å². The van der Waals surface area contributed by atoms with Crippen molar-refractivity contribution >= 4 is 23.2 Å². The topological polar surface area (TPSA) is 42.4 Å². The molecule has 2 aromatic carbocycles. The van der Waals surface area contributed by atoms with Gasteiger partial charge >= 0.3 is 0 Å². The Hall–Kier alpha value is -2.85. The molecule has 0 atom stereocenters. The average Bonchev–Trinajstić information content (AvgIpc) is 2.68. The molecule has 3 rings (SSSR count). The summed E-state index contributed by atoms with van der Waals surface area (Å²) in [6.45, 7) is 0. The molecule has 0 N–H and O–H groups in total. The molecule has 5 heteroatoms. The Bertz CT molecular complexity index is 880. The molecule has 1 aromatic heterocycles. The van der Waals surface area contributed by atoms with Crippen molar-refractivity contribution in [2.24, 2.45) is 0 Å². The molecule has 0 aliphatic rings. The van der Waals surface area contributed by atoms with E-state index < -0.39 is 0 Å². The molecule has 0 spiro atoms. The number of amides is 1. The fourth-order valence-electron chi connectivity index (χ4n) is 2.48. The summed E-state index contributed by atoms with van der Waals surface area (Å²) in [6, 6.07) is 18.1. The van der Waals surface area contributed by atoms with Crippen LogP contribution < -0.4 is 9.64 Å². The van der Waals surface area contributed by atoms with Gasteiger partial charge in [-0.2, -0.15) is 0 Å². The minimum absolute atomic E-state index is 0.114. The molecule has 0 saturated carbocycles. The summed E-state index contributed by atoms with van der Waals surface area (Å²) >= 11 is 6.31. The quantitative estimate of drug-likeness (QED) is 0.684. The summed E-state index contributed by atoms with van der Waals surface area (Å²) in [7, 11) is 3.33. The van der Waals surface area contributed by atoms with E-state index in [1.54, 1.807) is 55.6 Å². The normalized spacial score (nSPS) is 10.4. The molecule has 0 aliphatic heterocycles. The molecule has 0 fully saturated rings. The Kier molecular flexibility index (Phi) is 5.00. The van der Waals surface area contributed by atoms with E-state index in [0.29, 0.717) is 16.3 Å². The molecule has 4 nitrogen and oxygen atoms in total. The number of ether oxygens (including phenoxy) is 1. The summed E-state index contributed by atoms with van der Waals surface area (Å²) in [6.07, 6.45) is 1.71. The SMILES string of the molecule is COc1ccc(C(=O)N(C)c2ccc(Cl)c(-c3ccccn3)c2)cc1. The van der Waals surface area contributed by atoms with Crippen molar-refractivity contribution in [1.82, 2.24) is 4.98 Å². The van der Waals surface area contributed by atoms with Gasteiger partial charge in [-0.25, -0.2) is 0 Å². The maximum absolute atomic E-state index is 12.7. The second-order valence-corrected chi connectivity index (χ2v) is 5.88. The average molecular weight is 353 g/mol. The van der Waals surface area contributed by atoms with E-state index in [9.17, 15) is 4.79 Å². The zero-order valence-electron chi connectivity index (χ0n) is 13.9. The highest BCUT2D eigenvalue weighted by atomic mass is 35.5. The smallest absolute Gasteiger partial charge is 0.258 e. The number of carbonyl (C=O) groups is 1. The highest BCUT2D eigenvalue weighted by molar-refractivity contribution is 6.33. The highest BCUT2D eigenvalue weighted by Gasteiger charge is 2.15. The molecule has 0 unspecified atom stereocenters. The van der Waals surface area contributed by atoms with Crippen LogP contribution in [0.5, 0.6) is 5.75 Å². The van der Waals surface area contributed by atoms with Crippen molar-refractivity contribution in [3.8, 4) is 17.0 Å². The van der Waals surface area contributed by atoms with Crippen LogP contribution in [-0.2, 0) is 0 Å². The molecular weight excluding hydrogens is 336 g/mol. The lowest BCUT2D eigenvalue weighted by molar-refractivity contribution is 0.0993. The first-order chi connectivity index (χ1) is 12.1. The predicted octanol–water partition coefficient (Wildman–Crippen LogP) is 4.69. The number of carbonyl (C=O) groups excluding carboxylic acids is 1. The van der Waals surface area contributed by atoms with Crippen LogP contribution in [0.3, 0.4) is 0 Å². The van der Waals surface area contributed by atoms with Crippen molar-refractivity contribution in [2.75, 3.05) is 19.1 Å². The number of methoxy groups -OCH3 is 1. The van der Waals surface area contributed by atoms with E-state index >= 15 is 0 Å². The monoisotopic (exact) mass is 352 g/mol. The van der Waals surface area contributed by atoms with Crippen molar-refractivity contribution in [3.63, 3.8) is 0 Å². The largest absolute Gasteiger partial charge is 0.497 e. The van der Waals surface area contributed by atoms with Crippen LogP contribution >= 0.6 is 11.6 Å². The van der Waals surface area contributed by atoms with Gasteiger partial charge in [-0.1, -0.05) is 17.7 Å². The van der Waals surface area contributed by atoms with E-state index in [-0.39, 0.29) is 5.91 Å². The van der Waals surface area contributed by atoms with Crippen LogP contribution in [0.25, 0.3) is 11.3 Å². The third-order valence-corrected chi connectivity index (χ3v) is 4.25. The summed E-state index contributed by atoms with van der Waals surface area (Å²) < 4.78 is 5.13. The lowest BCUT2D eigenvalue weighted by atomic mass is 10.1. The number of benzene rings is 2. The molecule has 0 aliphatic carbocycles. The molecule has 1 amide bonds. The van der Waals surface area contributed by atoms with Crippen LogP contribution in [0.1, 0.15) is 10.4 Å². The van der Waals surface area contributed by atoms with Crippen LogP contribution in [-0.4, -0.2) is 25.0 Å². The lowest BCUT2D eigenvalue weighted by Crippen LogP contribution is -2.26. The first-order valence-electron chi connectivity index (χ1n) is 7.73. The zero-order valence-corrected chi connectivity index (χ0v) is 14.7. The van der Waals surface area contributed by atoms with Gasteiger partial charge in [0.15, 0.2) is 0 Å². The number of hydrogen-bond donors (Lipinski definition) is 0. The van der Waals surface area contributed by atoms with Crippen LogP contribution in [0.15, 0.2) is 66.9 Å². The van der Waals surface area contributed by atoms with Gasteiger partial charge in [-0.3, -0.25) is 9.78 Å². The third-order valence-electron chi connectivity index (χ3n) is 3.92. The number of rotatable bonds is 4. The van der Waals surface area contributed by atoms with E-state index in [0.717, 1.165) is 16.9 Å². The van der Waals surface area contributed by atoms with Crippen molar-refractivity contribution in [2.45, 2.75) is 0 Å². The van der Waals surface area contributed by atoms with Crippen LogP contribution in [0.4, 0.5) is 5.69 Å². The van der Waals surface area contributed by atoms with Gasteiger partial charge in [-0.05, 0) is 54.6 Å². The van der Waals surface area contributed by atoms with Gasteiger partial charge in [0.2, 0.25) is 0 Å². The first-order valence-corrected chi connectivity index (χ1v) is 8.11. The van der Waals surface area contributed by atoms with E-state index in [2.05, 4.69) is 4.98 Å². The molecule has 126 valence electrons. The number of nitrogens with zero attached hydrogens (tertiary/aromatic N) is 2. The van der Waals surface area contributed by atoms with Gasteiger partial charge < -0.3 is 9.64 Å². The molecular formula is C20H17ClN2O2. The van der Waals surface area contributed by atoms with Crippen molar-refractivity contribution in [1.29, 1.82) is 0 Å². The number of anilines is 1. The standard InChI is InChI=1S/C20H17ClN2O2/c1-23(20(24)14-6-9-16(25-2)10-7-14)15-8-11-18(21)17(13-15)19-5-3-4-12-22-19/h3-13H,1-2H3. The van der Waals surface area contributed by atoms with Gasteiger partial charge in [0.05, 0.1) is 17.8 Å². The van der Waals surface area contributed by atoms with Gasteiger partial charge in [0.25, 0.3) is 5.91 Å². The summed E-state index contributed by atoms with van der Waals surface area (Å²) in [5.41, 5.74) is 2.87. The number of halogens is 1. The number of hydrogen-bond acceptors (Lipinski definition) is 3. The van der Waals surface area contributed by atoms with Gasteiger partial charge in [0, 0.05) is 30.1 Å². The molecule has 25 heavy (non-hydrogen) atoms. The number of aromatic nitrogens is 1. The molecule has 0 bridgehead atoms. The van der Waals surface area contributed by atoms with Crippen molar-refractivity contribution in [3.05, 3.63) is 77.4 Å². The summed E-state index contributed by atoms with van der Waals surface area (Å²) in [5, 5.41) is 0.591. The lowest BCUT2D eigenvalue weighted by Gasteiger charge is -2.19. The van der Waals surface area contributed by atoms with Gasteiger partial charge in [-0.15, -0.1) is 0 Å². The summed E-state index contributed by atoms with van der Waals surface area (Å²) in [5.74, 6) is 0.597. The highest BCUT2D eigenvalue weighted by Crippen LogP contribution is 2.31. The second kappa shape index (κ2) is 7.36. The van der Waals surface area contributed by atoms with Crippen LogP contribution in [0.2, 0.25) is 5.02 Å². The fraction of sp³-hybridized carbons (Fsp3) is 0.100. The first kappa shape index (κ1) is 17.0. The van der Waals surface area contributed by atoms with Gasteiger partial charge in [0.1, 0.15) is 5.75 Å². The molecule has 3 aromatic rings. The summed E-state index contributed by atoms with van der Waals surface area (Å²) in [4.78, 5) is 18.6. The molecule has 1 heterocycles. The number of pyridine rings is 1.